The molecule has 0 saturated heterocycles. The van der Waals surface area contributed by atoms with Gasteiger partial charge in [0.1, 0.15) is 0 Å². The number of benzene rings is 1. The van der Waals surface area contributed by atoms with Gasteiger partial charge >= 0.3 is 0 Å². The lowest BCUT2D eigenvalue weighted by Crippen LogP contribution is -2.07. The van der Waals surface area contributed by atoms with Crippen molar-refractivity contribution in [2.45, 2.75) is 51.9 Å². The summed E-state index contributed by atoms with van der Waals surface area (Å²) in [6.45, 7) is 4.35. The minimum Gasteiger partial charge on any atom is -0.412 e. The zero-order valence-electron chi connectivity index (χ0n) is 10.3. The highest BCUT2D eigenvalue weighted by Crippen LogP contribution is 2.35. The summed E-state index contributed by atoms with van der Waals surface area (Å²) in [5, 5.41) is 0. The second kappa shape index (κ2) is 5.35. The van der Waals surface area contributed by atoms with Gasteiger partial charge in [-0.3, -0.25) is 0 Å². The number of nitrogen functional groups attached to an aromatic ring is 1. The van der Waals surface area contributed by atoms with Gasteiger partial charge in [-0.25, -0.2) is 0 Å². The van der Waals surface area contributed by atoms with Crippen LogP contribution < -0.4 is 5.73 Å². The minimum atomic E-state index is 0. The zero-order chi connectivity index (χ0) is 10.8. The van der Waals surface area contributed by atoms with Crippen LogP contribution in [0.25, 0.3) is 0 Å². The fraction of sp³-hybridized carbons (Fsp3) is 0.571. The van der Waals surface area contributed by atoms with Gasteiger partial charge in [0.15, 0.2) is 0 Å². The molecule has 1 aliphatic rings. The van der Waals surface area contributed by atoms with Crippen molar-refractivity contribution in [3.8, 4) is 0 Å². The molecule has 1 fully saturated rings. The summed E-state index contributed by atoms with van der Waals surface area (Å²) < 4.78 is 0. The van der Waals surface area contributed by atoms with Crippen molar-refractivity contribution in [1.82, 2.24) is 0 Å². The normalized spacial score (nSPS) is 16.9. The summed E-state index contributed by atoms with van der Waals surface area (Å²) >= 11 is 0. The van der Waals surface area contributed by atoms with Gasteiger partial charge in [0.25, 0.3) is 0 Å². The van der Waals surface area contributed by atoms with Crippen molar-refractivity contribution < 1.29 is 5.48 Å². The third kappa shape index (κ3) is 2.38. The summed E-state index contributed by atoms with van der Waals surface area (Å²) in [7, 11) is 0. The summed E-state index contributed by atoms with van der Waals surface area (Å²) in [5.41, 5.74) is 11.1. The second-order valence-electron chi connectivity index (χ2n) is 4.83. The fourth-order valence-electron chi connectivity index (χ4n) is 2.72. The standard InChI is InChI=1S/C14H21N.H2O/c1-10-11(2)14(15)9-8-13(10)12-6-4-3-5-7-12;/h8-9,12H,3-7,15H2,1-2H3;1H2. The summed E-state index contributed by atoms with van der Waals surface area (Å²) in [4.78, 5) is 0. The minimum absolute atomic E-state index is 0. The molecular formula is C14H23NO. The first-order chi connectivity index (χ1) is 7.20. The Morgan fingerprint density at radius 3 is 2.25 bits per heavy atom. The molecule has 0 atom stereocenters. The zero-order valence-corrected chi connectivity index (χ0v) is 10.3. The van der Waals surface area contributed by atoms with E-state index < -0.39 is 0 Å². The van der Waals surface area contributed by atoms with Crippen LogP contribution in [0.15, 0.2) is 12.1 Å². The van der Waals surface area contributed by atoms with Gasteiger partial charge in [0.05, 0.1) is 0 Å². The number of hydrogen-bond acceptors (Lipinski definition) is 1. The summed E-state index contributed by atoms with van der Waals surface area (Å²) in [6.07, 6.45) is 6.94. The molecule has 90 valence electrons. The van der Waals surface area contributed by atoms with E-state index in [2.05, 4.69) is 26.0 Å². The Bertz CT molecular complexity index is 354. The van der Waals surface area contributed by atoms with Crippen molar-refractivity contribution in [3.63, 3.8) is 0 Å². The first kappa shape index (κ1) is 13.0. The molecule has 1 aromatic rings. The van der Waals surface area contributed by atoms with Crippen LogP contribution in [0.2, 0.25) is 0 Å². The topological polar surface area (TPSA) is 57.5 Å². The van der Waals surface area contributed by atoms with E-state index in [0.29, 0.717) is 0 Å². The second-order valence-corrected chi connectivity index (χ2v) is 4.83. The molecule has 1 aliphatic carbocycles. The summed E-state index contributed by atoms with van der Waals surface area (Å²) in [5.74, 6) is 0.790. The van der Waals surface area contributed by atoms with Crippen LogP contribution >= 0.6 is 0 Å². The van der Waals surface area contributed by atoms with E-state index in [1.807, 2.05) is 0 Å². The smallest absolute Gasteiger partial charge is 0.0346 e. The van der Waals surface area contributed by atoms with Gasteiger partial charge in [-0.05, 0) is 55.4 Å². The molecule has 16 heavy (non-hydrogen) atoms. The first-order valence-corrected chi connectivity index (χ1v) is 6.05. The van der Waals surface area contributed by atoms with Crippen LogP contribution in [0.5, 0.6) is 0 Å². The highest BCUT2D eigenvalue weighted by atomic mass is 16.0. The lowest BCUT2D eigenvalue weighted by molar-refractivity contribution is 0.442. The molecule has 2 nitrogen and oxygen atoms in total. The summed E-state index contributed by atoms with van der Waals surface area (Å²) in [6, 6.07) is 4.32. The van der Waals surface area contributed by atoms with E-state index in [-0.39, 0.29) is 5.48 Å². The van der Waals surface area contributed by atoms with Gasteiger partial charge in [-0.15, -0.1) is 0 Å². The maximum Gasteiger partial charge on any atom is 0.0346 e. The maximum absolute atomic E-state index is 5.92. The molecule has 2 rings (SSSR count). The predicted octanol–water partition coefficient (Wildman–Crippen LogP) is 3.11. The molecule has 0 unspecified atom stereocenters. The van der Waals surface area contributed by atoms with Crippen LogP contribution in [0.4, 0.5) is 5.69 Å². The average Bonchev–Trinajstić information content (AvgIpc) is 2.27. The van der Waals surface area contributed by atoms with Crippen molar-refractivity contribution in [1.29, 1.82) is 0 Å². The molecule has 2 heteroatoms. The monoisotopic (exact) mass is 221 g/mol. The molecule has 4 N–H and O–H groups in total. The predicted molar refractivity (Wildman–Crippen MR) is 69.8 cm³/mol. The van der Waals surface area contributed by atoms with Gasteiger partial charge in [0.2, 0.25) is 0 Å². The third-order valence-corrected chi connectivity index (χ3v) is 3.92. The Hall–Kier alpha value is -1.02. The molecule has 1 aromatic carbocycles. The molecule has 0 bridgehead atoms. The number of anilines is 1. The molecular weight excluding hydrogens is 198 g/mol. The maximum atomic E-state index is 5.92. The Kier molecular flexibility index (Phi) is 4.36. The van der Waals surface area contributed by atoms with Gasteiger partial charge in [-0.2, -0.15) is 0 Å². The van der Waals surface area contributed by atoms with Crippen molar-refractivity contribution in [2.75, 3.05) is 5.73 Å². The van der Waals surface area contributed by atoms with Crippen LogP contribution in [0.1, 0.15) is 54.7 Å². The number of nitrogens with two attached hydrogens (primary N) is 1. The number of rotatable bonds is 1. The Morgan fingerprint density at radius 2 is 1.62 bits per heavy atom. The van der Waals surface area contributed by atoms with E-state index in [9.17, 15) is 0 Å². The average molecular weight is 221 g/mol. The van der Waals surface area contributed by atoms with Crippen LogP contribution in [0, 0.1) is 13.8 Å². The Balaban J connectivity index is 0.00000128. The molecule has 0 radical (unpaired) electrons. The van der Waals surface area contributed by atoms with Crippen molar-refractivity contribution >= 4 is 5.69 Å². The molecule has 0 aromatic heterocycles. The Labute approximate surface area is 98.2 Å². The van der Waals surface area contributed by atoms with Crippen molar-refractivity contribution in [3.05, 3.63) is 28.8 Å². The first-order valence-electron chi connectivity index (χ1n) is 6.05. The van der Waals surface area contributed by atoms with E-state index in [1.54, 1.807) is 5.56 Å². The van der Waals surface area contributed by atoms with Crippen LogP contribution in [-0.2, 0) is 0 Å². The molecule has 0 heterocycles. The highest BCUT2D eigenvalue weighted by Gasteiger charge is 2.18. The highest BCUT2D eigenvalue weighted by molar-refractivity contribution is 5.53. The van der Waals surface area contributed by atoms with E-state index in [1.165, 1.54) is 43.2 Å². The molecule has 0 aliphatic heterocycles. The van der Waals surface area contributed by atoms with E-state index >= 15 is 0 Å². The lowest BCUT2D eigenvalue weighted by Gasteiger charge is -2.24. The van der Waals surface area contributed by atoms with Crippen LogP contribution in [0.3, 0.4) is 0 Å². The molecule has 1 saturated carbocycles. The largest absolute Gasteiger partial charge is 0.412 e. The lowest BCUT2D eigenvalue weighted by atomic mass is 9.81. The van der Waals surface area contributed by atoms with Crippen molar-refractivity contribution in [2.24, 2.45) is 0 Å². The third-order valence-electron chi connectivity index (χ3n) is 3.92. The number of hydrogen-bond donors (Lipinski definition) is 1. The van der Waals surface area contributed by atoms with E-state index in [4.69, 9.17) is 5.73 Å². The quantitative estimate of drug-likeness (QED) is 0.728. The Morgan fingerprint density at radius 1 is 1.00 bits per heavy atom. The van der Waals surface area contributed by atoms with Gasteiger partial charge < -0.3 is 11.2 Å². The molecule has 0 amide bonds. The van der Waals surface area contributed by atoms with Gasteiger partial charge in [-0.1, -0.05) is 25.3 Å². The SMILES string of the molecule is Cc1c(N)ccc(C2CCCCC2)c1C.O. The fourth-order valence-corrected chi connectivity index (χ4v) is 2.72. The van der Waals surface area contributed by atoms with Crippen LogP contribution in [-0.4, -0.2) is 5.48 Å². The van der Waals surface area contributed by atoms with Gasteiger partial charge in [0, 0.05) is 5.69 Å². The van der Waals surface area contributed by atoms with E-state index in [0.717, 1.165) is 11.6 Å². The molecule has 0 spiro atoms.